The van der Waals surface area contributed by atoms with Crippen LogP contribution in [0.3, 0.4) is 0 Å². The van der Waals surface area contributed by atoms with Crippen molar-refractivity contribution in [3.63, 3.8) is 0 Å². The number of halogens is 2. The summed E-state index contributed by atoms with van der Waals surface area (Å²) in [6.07, 6.45) is 1.21. The average molecular weight is 335 g/mol. The molecule has 5 heteroatoms. The van der Waals surface area contributed by atoms with Crippen LogP contribution in [0.5, 0.6) is 0 Å². The molecule has 0 N–H and O–H groups in total. The molecule has 0 aliphatic carbocycles. The standard InChI is InChI=1S/C20H11F2NO2/c21-17-7-3-1-5-15(17)19-10-9-14(25-19)11-13(12-23)20(24)16-6-2-4-8-18(16)22/h1-11H/b13-11+. The molecule has 3 rings (SSSR count). The second kappa shape index (κ2) is 6.93. The van der Waals surface area contributed by atoms with E-state index in [1.54, 1.807) is 24.3 Å². The van der Waals surface area contributed by atoms with Gasteiger partial charge in [0.2, 0.25) is 5.78 Å². The highest BCUT2D eigenvalue weighted by atomic mass is 19.1. The van der Waals surface area contributed by atoms with Crippen molar-refractivity contribution in [2.75, 3.05) is 0 Å². The quantitative estimate of drug-likeness (QED) is 0.382. The SMILES string of the molecule is N#C/C(=C\c1ccc(-c2ccccc2F)o1)C(=O)c1ccccc1F. The van der Waals surface area contributed by atoms with Crippen LogP contribution in [0.25, 0.3) is 17.4 Å². The summed E-state index contributed by atoms with van der Waals surface area (Å²) in [7, 11) is 0. The Morgan fingerprint density at radius 1 is 0.960 bits per heavy atom. The number of ketones is 1. The number of nitrogens with zero attached hydrogens (tertiary/aromatic N) is 1. The summed E-state index contributed by atoms with van der Waals surface area (Å²) in [6, 6.07) is 16.3. The largest absolute Gasteiger partial charge is 0.457 e. The first kappa shape index (κ1) is 16.3. The zero-order chi connectivity index (χ0) is 17.8. The van der Waals surface area contributed by atoms with E-state index in [0.717, 1.165) is 6.07 Å². The second-order valence-electron chi connectivity index (χ2n) is 5.16. The number of furan rings is 1. The Balaban J connectivity index is 1.94. The first-order chi connectivity index (χ1) is 12.1. The number of hydrogen-bond acceptors (Lipinski definition) is 3. The van der Waals surface area contributed by atoms with E-state index in [1.165, 1.54) is 42.5 Å². The fourth-order valence-corrected chi connectivity index (χ4v) is 2.32. The molecule has 0 fully saturated rings. The molecule has 0 bridgehead atoms. The molecule has 0 aliphatic rings. The van der Waals surface area contributed by atoms with Gasteiger partial charge < -0.3 is 4.42 Å². The van der Waals surface area contributed by atoms with Crippen LogP contribution in [0, 0.1) is 23.0 Å². The van der Waals surface area contributed by atoms with Crippen LogP contribution in [-0.4, -0.2) is 5.78 Å². The van der Waals surface area contributed by atoms with Crippen molar-refractivity contribution in [2.45, 2.75) is 0 Å². The summed E-state index contributed by atoms with van der Waals surface area (Å²) in [5.41, 5.74) is -0.211. The molecule has 0 unspecified atom stereocenters. The predicted octanol–water partition coefficient (Wildman–Crippen LogP) is 5.01. The molecule has 0 amide bonds. The molecule has 0 radical (unpaired) electrons. The van der Waals surface area contributed by atoms with Crippen molar-refractivity contribution in [1.82, 2.24) is 0 Å². The summed E-state index contributed by atoms with van der Waals surface area (Å²) in [4.78, 5) is 12.3. The molecule has 0 saturated carbocycles. The van der Waals surface area contributed by atoms with E-state index in [1.807, 2.05) is 0 Å². The maximum absolute atomic E-state index is 13.8. The van der Waals surface area contributed by atoms with Gasteiger partial charge >= 0.3 is 0 Å². The Hall–Kier alpha value is -3.52. The topological polar surface area (TPSA) is 54.0 Å². The lowest BCUT2D eigenvalue weighted by Crippen LogP contribution is -2.04. The summed E-state index contributed by atoms with van der Waals surface area (Å²) in [5, 5.41) is 9.21. The minimum atomic E-state index is -0.746. The third-order valence-electron chi connectivity index (χ3n) is 3.54. The molecule has 122 valence electrons. The van der Waals surface area contributed by atoms with Gasteiger partial charge in [-0.15, -0.1) is 0 Å². The first-order valence-electron chi connectivity index (χ1n) is 7.36. The number of carbonyl (C=O) groups is 1. The Kier molecular flexibility index (Phi) is 4.53. The lowest BCUT2D eigenvalue weighted by atomic mass is 10.0. The lowest BCUT2D eigenvalue weighted by Gasteiger charge is -2.00. The van der Waals surface area contributed by atoms with Gasteiger partial charge in [-0.25, -0.2) is 8.78 Å². The van der Waals surface area contributed by atoms with Crippen LogP contribution in [0.2, 0.25) is 0 Å². The van der Waals surface area contributed by atoms with E-state index in [4.69, 9.17) is 4.42 Å². The number of carbonyl (C=O) groups excluding carboxylic acids is 1. The normalized spacial score (nSPS) is 11.2. The van der Waals surface area contributed by atoms with Gasteiger partial charge in [-0.2, -0.15) is 5.26 Å². The third kappa shape index (κ3) is 3.38. The number of allylic oxidation sites excluding steroid dienone is 1. The van der Waals surface area contributed by atoms with Gasteiger partial charge in [-0.1, -0.05) is 24.3 Å². The molecular formula is C20H11F2NO2. The van der Waals surface area contributed by atoms with E-state index < -0.39 is 17.4 Å². The number of rotatable bonds is 4. The van der Waals surface area contributed by atoms with Crippen LogP contribution in [-0.2, 0) is 0 Å². The van der Waals surface area contributed by atoms with Crippen molar-refractivity contribution >= 4 is 11.9 Å². The van der Waals surface area contributed by atoms with Crippen LogP contribution in [0.15, 0.2) is 70.7 Å². The molecule has 0 atom stereocenters. The van der Waals surface area contributed by atoms with Gasteiger partial charge in [0.15, 0.2) is 0 Å². The van der Waals surface area contributed by atoms with Crippen molar-refractivity contribution in [2.24, 2.45) is 0 Å². The molecule has 3 aromatic rings. The molecule has 3 nitrogen and oxygen atoms in total. The Morgan fingerprint density at radius 3 is 2.32 bits per heavy atom. The number of benzene rings is 2. The molecule has 0 saturated heterocycles. The van der Waals surface area contributed by atoms with Crippen LogP contribution >= 0.6 is 0 Å². The molecule has 0 spiro atoms. The lowest BCUT2D eigenvalue weighted by molar-refractivity contribution is 0.103. The van der Waals surface area contributed by atoms with Gasteiger partial charge in [-0.05, 0) is 36.4 Å². The minimum Gasteiger partial charge on any atom is -0.457 e. The Bertz CT molecular complexity index is 1010. The summed E-state index contributed by atoms with van der Waals surface area (Å²) >= 11 is 0. The van der Waals surface area contributed by atoms with E-state index in [2.05, 4.69) is 0 Å². The van der Waals surface area contributed by atoms with Gasteiger partial charge in [0.25, 0.3) is 0 Å². The monoisotopic (exact) mass is 335 g/mol. The summed E-state index contributed by atoms with van der Waals surface area (Å²) in [5.74, 6) is -1.45. The van der Waals surface area contributed by atoms with E-state index in [9.17, 15) is 18.8 Å². The summed E-state index contributed by atoms with van der Waals surface area (Å²) in [6.45, 7) is 0. The number of Topliss-reactive ketones (excluding diaryl/α,β-unsaturated/α-hetero) is 1. The van der Waals surface area contributed by atoms with Crippen LogP contribution in [0.1, 0.15) is 16.1 Å². The average Bonchev–Trinajstić information content (AvgIpc) is 3.08. The van der Waals surface area contributed by atoms with Crippen LogP contribution < -0.4 is 0 Å². The molecule has 2 aromatic carbocycles. The molecule has 1 aromatic heterocycles. The van der Waals surface area contributed by atoms with Gasteiger partial charge in [0.05, 0.1) is 11.1 Å². The van der Waals surface area contributed by atoms with Gasteiger partial charge in [-0.3, -0.25) is 4.79 Å². The van der Waals surface area contributed by atoms with E-state index >= 15 is 0 Å². The maximum atomic E-state index is 13.8. The van der Waals surface area contributed by atoms with E-state index in [-0.39, 0.29) is 28.2 Å². The minimum absolute atomic E-state index is 0.194. The fraction of sp³-hybridized carbons (Fsp3) is 0. The van der Waals surface area contributed by atoms with Crippen molar-refractivity contribution in [1.29, 1.82) is 5.26 Å². The van der Waals surface area contributed by atoms with Crippen molar-refractivity contribution in [3.05, 3.63) is 89.2 Å². The molecular weight excluding hydrogens is 324 g/mol. The maximum Gasteiger partial charge on any atom is 0.206 e. The number of nitriles is 1. The van der Waals surface area contributed by atoms with Gasteiger partial charge in [0, 0.05) is 6.08 Å². The number of hydrogen-bond donors (Lipinski definition) is 0. The van der Waals surface area contributed by atoms with Crippen molar-refractivity contribution in [3.8, 4) is 17.4 Å². The predicted molar refractivity (Wildman–Crippen MR) is 88.4 cm³/mol. The molecule has 25 heavy (non-hydrogen) atoms. The Morgan fingerprint density at radius 2 is 1.64 bits per heavy atom. The van der Waals surface area contributed by atoms with Crippen molar-refractivity contribution < 1.29 is 18.0 Å². The highest BCUT2D eigenvalue weighted by molar-refractivity contribution is 6.14. The van der Waals surface area contributed by atoms with Gasteiger partial charge in [0.1, 0.15) is 34.8 Å². The highest BCUT2D eigenvalue weighted by Crippen LogP contribution is 2.26. The first-order valence-corrected chi connectivity index (χ1v) is 7.36. The van der Waals surface area contributed by atoms with E-state index in [0.29, 0.717) is 0 Å². The summed E-state index contributed by atoms with van der Waals surface area (Å²) < 4.78 is 33.0. The highest BCUT2D eigenvalue weighted by Gasteiger charge is 2.17. The zero-order valence-electron chi connectivity index (χ0n) is 12.9. The third-order valence-corrected chi connectivity index (χ3v) is 3.54. The fourth-order valence-electron chi connectivity index (χ4n) is 2.32. The van der Waals surface area contributed by atoms with Crippen LogP contribution in [0.4, 0.5) is 8.78 Å². The molecule has 1 heterocycles. The Labute approximate surface area is 142 Å². The molecule has 0 aliphatic heterocycles. The smallest absolute Gasteiger partial charge is 0.206 e. The second-order valence-corrected chi connectivity index (χ2v) is 5.16. The zero-order valence-corrected chi connectivity index (χ0v) is 12.9.